The number of nitrogens with one attached hydrogen (secondary N) is 2. The first-order valence-electron chi connectivity index (χ1n) is 11.3. The number of pyridine rings is 1. The van der Waals surface area contributed by atoms with Gasteiger partial charge in [-0.15, -0.1) is 24.0 Å². The van der Waals surface area contributed by atoms with Crippen molar-refractivity contribution in [2.24, 2.45) is 4.99 Å². The molecule has 0 bridgehead atoms. The highest BCUT2D eigenvalue weighted by Gasteiger charge is 2.45. The van der Waals surface area contributed by atoms with Crippen LogP contribution >= 0.6 is 24.0 Å². The highest BCUT2D eigenvalue weighted by Crippen LogP contribution is 2.48. The summed E-state index contributed by atoms with van der Waals surface area (Å²) in [5, 5.41) is 6.73. The second-order valence-electron chi connectivity index (χ2n) is 8.49. The van der Waals surface area contributed by atoms with Crippen LogP contribution in [-0.2, 0) is 12.0 Å². The number of hydrogen-bond acceptors (Lipinski definition) is 4. The van der Waals surface area contributed by atoms with E-state index in [2.05, 4.69) is 49.5 Å². The minimum Gasteiger partial charge on any atom is -0.356 e. The van der Waals surface area contributed by atoms with E-state index in [0.717, 1.165) is 68.5 Å². The van der Waals surface area contributed by atoms with Gasteiger partial charge in [-0.3, -0.25) is 4.99 Å². The molecule has 0 radical (unpaired) electrons. The molecule has 0 unspecified atom stereocenters. The van der Waals surface area contributed by atoms with Crippen LogP contribution in [0, 0.1) is 5.82 Å². The summed E-state index contributed by atoms with van der Waals surface area (Å²) in [4.78, 5) is 13.8. The Morgan fingerprint density at radius 2 is 1.84 bits per heavy atom. The van der Waals surface area contributed by atoms with Gasteiger partial charge in [-0.25, -0.2) is 9.37 Å². The Bertz CT molecular complexity index is 892. The van der Waals surface area contributed by atoms with Crippen molar-refractivity contribution in [2.45, 2.75) is 31.7 Å². The summed E-state index contributed by atoms with van der Waals surface area (Å²) in [5.41, 5.74) is 1.79. The number of halogens is 2. The molecule has 0 spiro atoms. The summed E-state index contributed by atoms with van der Waals surface area (Å²) in [6.07, 6.45) is 3.93. The number of rotatable bonds is 7. The predicted octanol–water partition coefficient (Wildman–Crippen LogP) is 3.38. The molecule has 2 fully saturated rings. The quantitative estimate of drug-likeness (QED) is 0.314. The summed E-state index contributed by atoms with van der Waals surface area (Å²) in [7, 11) is 1.76. The Morgan fingerprint density at radius 3 is 2.44 bits per heavy atom. The van der Waals surface area contributed by atoms with E-state index in [4.69, 9.17) is 0 Å². The van der Waals surface area contributed by atoms with Crippen LogP contribution in [0.3, 0.4) is 0 Å². The molecule has 32 heavy (non-hydrogen) atoms. The third-order valence-electron chi connectivity index (χ3n) is 6.53. The van der Waals surface area contributed by atoms with Crippen molar-refractivity contribution < 1.29 is 4.39 Å². The van der Waals surface area contributed by atoms with Gasteiger partial charge >= 0.3 is 0 Å². The minimum atomic E-state index is -0.119. The van der Waals surface area contributed by atoms with Gasteiger partial charge in [0.25, 0.3) is 0 Å². The highest BCUT2D eigenvalue weighted by molar-refractivity contribution is 14.0. The normalized spacial score (nSPS) is 18.1. The van der Waals surface area contributed by atoms with Gasteiger partial charge in [-0.1, -0.05) is 31.2 Å². The Morgan fingerprint density at radius 1 is 1.09 bits per heavy atom. The van der Waals surface area contributed by atoms with Crippen LogP contribution in [0.25, 0.3) is 0 Å². The third-order valence-corrected chi connectivity index (χ3v) is 6.53. The molecule has 0 amide bonds. The van der Waals surface area contributed by atoms with Crippen LogP contribution in [0.5, 0.6) is 0 Å². The van der Waals surface area contributed by atoms with Crippen molar-refractivity contribution in [1.82, 2.24) is 20.5 Å². The summed E-state index contributed by atoms with van der Waals surface area (Å²) < 4.78 is 14.2. The van der Waals surface area contributed by atoms with Crippen LogP contribution in [0.1, 0.15) is 30.9 Å². The maximum absolute atomic E-state index is 14.2. The number of likely N-dealkylation sites (N-methyl/N-ethyl adjacent to an activating group) is 1. The molecule has 1 saturated carbocycles. The molecule has 1 aromatic carbocycles. The van der Waals surface area contributed by atoms with Gasteiger partial charge in [0.1, 0.15) is 11.6 Å². The summed E-state index contributed by atoms with van der Waals surface area (Å²) in [6, 6.07) is 11.3. The molecule has 2 aliphatic rings. The second kappa shape index (κ2) is 11.3. The first kappa shape index (κ1) is 24.7. The van der Waals surface area contributed by atoms with E-state index in [1.807, 2.05) is 18.3 Å². The molecule has 1 saturated heterocycles. The minimum absolute atomic E-state index is 0. The van der Waals surface area contributed by atoms with E-state index >= 15 is 0 Å². The number of aromatic nitrogens is 1. The number of guanidine groups is 1. The van der Waals surface area contributed by atoms with E-state index in [0.29, 0.717) is 13.1 Å². The monoisotopic (exact) mass is 552 g/mol. The molecule has 2 N–H and O–H groups in total. The average Bonchev–Trinajstić information content (AvgIpc) is 3.61. The number of piperazine rings is 1. The van der Waals surface area contributed by atoms with Crippen molar-refractivity contribution in [3.63, 3.8) is 0 Å². The number of anilines is 1. The van der Waals surface area contributed by atoms with E-state index in [-0.39, 0.29) is 35.2 Å². The van der Waals surface area contributed by atoms with Crippen LogP contribution in [0.4, 0.5) is 10.2 Å². The standard InChI is InChI=1S/C24H33FN6.HI/c1-3-30-12-14-31(15-13-30)22-9-8-19(16-27-22)17-28-23(26-2)29-18-24(10-11-24)20-6-4-5-7-21(20)25;/h4-9,16H,3,10-15,17-18H2,1-2H3,(H2,26,28,29);1H. The first-order chi connectivity index (χ1) is 15.1. The molecule has 8 heteroatoms. The van der Waals surface area contributed by atoms with Crippen LogP contribution in [0.2, 0.25) is 0 Å². The van der Waals surface area contributed by atoms with Gasteiger partial charge < -0.3 is 20.4 Å². The largest absolute Gasteiger partial charge is 0.356 e. The van der Waals surface area contributed by atoms with Crippen molar-refractivity contribution in [2.75, 3.05) is 51.2 Å². The van der Waals surface area contributed by atoms with Crippen molar-refractivity contribution >= 4 is 35.8 Å². The summed E-state index contributed by atoms with van der Waals surface area (Å²) >= 11 is 0. The van der Waals surface area contributed by atoms with Gasteiger partial charge in [0.2, 0.25) is 0 Å². The molecule has 1 aliphatic heterocycles. The van der Waals surface area contributed by atoms with Gasteiger partial charge in [-0.2, -0.15) is 0 Å². The zero-order chi connectivity index (χ0) is 21.7. The van der Waals surface area contributed by atoms with Gasteiger partial charge in [0.15, 0.2) is 5.96 Å². The van der Waals surface area contributed by atoms with E-state index in [1.54, 1.807) is 19.2 Å². The van der Waals surface area contributed by atoms with E-state index in [1.165, 1.54) is 0 Å². The number of nitrogens with zero attached hydrogens (tertiary/aromatic N) is 4. The van der Waals surface area contributed by atoms with E-state index in [9.17, 15) is 4.39 Å². The topological polar surface area (TPSA) is 55.8 Å². The lowest BCUT2D eigenvalue weighted by molar-refractivity contribution is 0.270. The maximum atomic E-state index is 14.2. The Kier molecular flexibility index (Phi) is 8.70. The fourth-order valence-electron chi connectivity index (χ4n) is 4.24. The Labute approximate surface area is 207 Å². The number of benzene rings is 1. The predicted molar refractivity (Wildman–Crippen MR) is 139 cm³/mol. The number of hydrogen-bond donors (Lipinski definition) is 2. The molecule has 4 rings (SSSR count). The second-order valence-corrected chi connectivity index (χ2v) is 8.49. The fourth-order valence-corrected chi connectivity index (χ4v) is 4.24. The van der Waals surface area contributed by atoms with Crippen LogP contribution < -0.4 is 15.5 Å². The fraction of sp³-hybridized carbons (Fsp3) is 0.500. The molecule has 0 atom stereocenters. The van der Waals surface area contributed by atoms with Crippen molar-refractivity contribution in [3.8, 4) is 0 Å². The molecule has 2 aromatic rings. The Hall–Kier alpha value is -1.94. The van der Waals surface area contributed by atoms with Gasteiger partial charge in [0.05, 0.1) is 0 Å². The summed E-state index contributed by atoms with van der Waals surface area (Å²) in [5.74, 6) is 1.65. The van der Waals surface area contributed by atoms with Crippen molar-refractivity contribution in [3.05, 3.63) is 59.5 Å². The van der Waals surface area contributed by atoms with Crippen LogP contribution in [0.15, 0.2) is 47.6 Å². The zero-order valence-electron chi connectivity index (χ0n) is 19.0. The smallest absolute Gasteiger partial charge is 0.191 e. The SMILES string of the molecule is CCN1CCN(c2ccc(CNC(=NC)NCC3(c4ccccc4F)CC3)cn2)CC1.I. The zero-order valence-corrected chi connectivity index (χ0v) is 21.3. The highest BCUT2D eigenvalue weighted by atomic mass is 127. The molecular weight excluding hydrogens is 518 g/mol. The van der Waals surface area contributed by atoms with Crippen LogP contribution in [-0.4, -0.2) is 62.2 Å². The molecule has 1 aliphatic carbocycles. The molecule has 174 valence electrons. The maximum Gasteiger partial charge on any atom is 0.191 e. The van der Waals surface area contributed by atoms with E-state index < -0.39 is 0 Å². The first-order valence-corrected chi connectivity index (χ1v) is 11.3. The summed E-state index contributed by atoms with van der Waals surface area (Å²) in [6.45, 7) is 8.89. The van der Waals surface area contributed by atoms with Gasteiger partial charge in [-0.05, 0) is 42.6 Å². The lowest BCUT2D eigenvalue weighted by Crippen LogP contribution is -2.46. The third kappa shape index (κ3) is 5.89. The molecule has 6 nitrogen and oxygen atoms in total. The Balaban J connectivity index is 0.00000289. The average molecular weight is 552 g/mol. The number of aliphatic imine (C=N–C) groups is 1. The molecular formula is C24H34FIN6. The van der Waals surface area contributed by atoms with Crippen molar-refractivity contribution in [1.29, 1.82) is 0 Å². The lowest BCUT2D eigenvalue weighted by atomic mass is 9.95. The van der Waals surface area contributed by atoms with Gasteiger partial charge in [0, 0.05) is 57.9 Å². The molecule has 2 heterocycles. The molecule has 1 aromatic heterocycles. The lowest BCUT2D eigenvalue weighted by Gasteiger charge is -2.34.